The first kappa shape index (κ1) is 12.5. The van der Waals surface area contributed by atoms with Crippen LogP contribution in [-0.2, 0) is 0 Å². The van der Waals surface area contributed by atoms with Gasteiger partial charge in [-0.1, -0.05) is 6.07 Å². The van der Waals surface area contributed by atoms with E-state index < -0.39 is 0 Å². The Bertz CT molecular complexity index is 644. The van der Waals surface area contributed by atoms with Crippen LogP contribution in [0.2, 0.25) is 0 Å². The number of aromatic nitrogens is 2. The number of anilines is 2. The highest BCUT2D eigenvalue weighted by Crippen LogP contribution is 2.32. The van der Waals surface area contributed by atoms with Crippen LogP contribution in [-0.4, -0.2) is 29.3 Å². The van der Waals surface area contributed by atoms with E-state index >= 15 is 0 Å². The van der Waals surface area contributed by atoms with Crippen molar-refractivity contribution >= 4 is 17.3 Å². The lowest BCUT2D eigenvalue weighted by atomic mass is 10.1. The Balaban J connectivity index is 1.92. The lowest BCUT2D eigenvalue weighted by Gasteiger charge is -2.21. The van der Waals surface area contributed by atoms with E-state index in [1.807, 2.05) is 26.0 Å². The molecule has 1 amide bonds. The van der Waals surface area contributed by atoms with Crippen molar-refractivity contribution in [2.24, 2.45) is 0 Å². The number of benzene rings is 1. The second kappa shape index (κ2) is 4.88. The van der Waals surface area contributed by atoms with Gasteiger partial charge in [-0.3, -0.25) is 9.89 Å². The van der Waals surface area contributed by atoms with Gasteiger partial charge in [0.05, 0.1) is 28.3 Å². The number of ether oxygens (including phenoxy) is 1. The monoisotopic (exact) mass is 272 g/mol. The SMILES string of the molecule is Cc1n[nH]c(C)c1NC(=O)c1cccc2c1OCCN2. The van der Waals surface area contributed by atoms with Crippen molar-refractivity contribution in [1.82, 2.24) is 10.2 Å². The zero-order valence-corrected chi connectivity index (χ0v) is 11.4. The van der Waals surface area contributed by atoms with Crippen LogP contribution in [0, 0.1) is 13.8 Å². The summed E-state index contributed by atoms with van der Waals surface area (Å²) in [6.45, 7) is 5.02. The number of hydrogen-bond acceptors (Lipinski definition) is 4. The molecule has 104 valence electrons. The minimum absolute atomic E-state index is 0.196. The van der Waals surface area contributed by atoms with E-state index in [2.05, 4.69) is 20.8 Å². The van der Waals surface area contributed by atoms with Crippen LogP contribution in [0.3, 0.4) is 0 Å². The minimum Gasteiger partial charge on any atom is -0.489 e. The second-order valence-corrected chi connectivity index (χ2v) is 4.72. The summed E-state index contributed by atoms with van der Waals surface area (Å²) in [7, 11) is 0. The molecule has 1 aromatic heterocycles. The second-order valence-electron chi connectivity index (χ2n) is 4.72. The first-order valence-corrected chi connectivity index (χ1v) is 6.49. The molecular weight excluding hydrogens is 256 g/mol. The molecule has 0 saturated carbocycles. The Labute approximate surface area is 116 Å². The summed E-state index contributed by atoms with van der Waals surface area (Å²) in [4.78, 5) is 12.4. The van der Waals surface area contributed by atoms with Gasteiger partial charge < -0.3 is 15.4 Å². The molecular formula is C14H16N4O2. The fourth-order valence-corrected chi connectivity index (χ4v) is 2.27. The minimum atomic E-state index is -0.196. The Hall–Kier alpha value is -2.50. The summed E-state index contributed by atoms with van der Waals surface area (Å²) >= 11 is 0. The third-order valence-electron chi connectivity index (χ3n) is 3.29. The number of amides is 1. The summed E-state index contributed by atoms with van der Waals surface area (Å²) in [6, 6.07) is 5.50. The van der Waals surface area contributed by atoms with Gasteiger partial charge in [-0.15, -0.1) is 0 Å². The highest BCUT2D eigenvalue weighted by atomic mass is 16.5. The van der Waals surface area contributed by atoms with Crippen LogP contribution in [0.5, 0.6) is 5.75 Å². The number of hydrogen-bond donors (Lipinski definition) is 3. The highest BCUT2D eigenvalue weighted by Gasteiger charge is 2.20. The Kier molecular flexibility index (Phi) is 3.06. The molecule has 0 unspecified atom stereocenters. The molecule has 3 N–H and O–H groups in total. The normalized spacial score (nSPS) is 13.1. The van der Waals surface area contributed by atoms with Crippen LogP contribution in [0.15, 0.2) is 18.2 Å². The average molecular weight is 272 g/mol. The van der Waals surface area contributed by atoms with E-state index in [9.17, 15) is 4.79 Å². The molecule has 1 aromatic carbocycles. The molecule has 0 fully saturated rings. The van der Waals surface area contributed by atoms with Gasteiger partial charge >= 0.3 is 0 Å². The lowest BCUT2D eigenvalue weighted by molar-refractivity contribution is 0.102. The lowest BCUT2D eigenvalue weighted by Crippen LogP contribution is -2.22. The third-order valence-corrected chi connectivity index (χ3v) is 3.29. The van der Waals surface area contributed by atoms with Crippen molar-refractivity contribution in [1.29, 1.82) is 0 Å². The molecule has 0 atom stereocenters. The number of H-pyrrole nitrogens is 1. The summed E-state index contributed by atoms with van der Waals surface area (Å²) in [5.41, 5.74) is 3.69. The van der Waals surface area contributed by atoms with E-state index in [0.29, 0.717) is 17.9 Å². The molecule has 1 aliphatic heterocycles. The number of carbonyl (C=O) groups is 1. The van der Waals surface area contributed by atoms with Gasteiger partial charge in [0, 0.05) is 6.54 Å². The van der Waals surface area contributed by atoms with Crippen molar-refractivity contribution in [3.8, 4) is 5.75 Å². The molecule has 20 heavy (non-hydrogen) atoms. The number of para-hydroxylation sites is 1. The van der Waals surface area contributed by atoms with Gasteiger partial charge in [0.25, 0.3) is 5.91 Å². The summed E-state index contributed by atoms with van der Waals surface area (Å²) < 4.78 is 5.61. The van der Waals surface area contributed by atoms with Gasteiger partial charge in [-0.05, 0) is 26.0 Å². The van der Waals surface area contributed by atoms with E-state index in [4.69, 9.17) is 4.74 Å². The van der Waals surface area contributed by atoms with Crippen LogP contribution < -0.4 is 15.4 Å². The zero-order chi connectivity index (χ0) is 14.1. The van der Waals surface area contributed by atoms with E-state index in [1.165, 1.54) is 0 Å². The molecule has 0 radical (unpaired) electrons. The molecule has 0 spiro atoms. The summed E-state index contributed by atoms with van der Waals surface area (Å²) in [6.07, 6.45) is 0. The van der Waals surface area contributed by atoms with Crippen molar-refractivity contribution < 1.29 is 9.53 Å². The maximum absolute atomic E-state index is 12.4. The van der Waals surface area contributed by atoms with Gasteiger partial charge in [-0.25, -0.2) is 0 Å². The van der Waals surface area contributed by atoms with Crippen molar-refractivity contribution in [2.45, 2.75) is 13.8 Å². The average Bonchev–Trinajstić information content (AvgIpc) is 2.78. The van der Waals surface area contributed by atoms with Crippen LogP contribution >= 0.6 is 0 Å². The standard InChI is InChI=1S/C14H16N4O2/c1-8-12(9(2)18-17-8)16-14(19)10-4-3-5-11-13(10)20-7-6-15-11/h3-5,15H,6-7H2,1-2H3,(H,16,19)(H,17,18). The van der Waals surface area contributed by atoms with Crippen LogP contribution in [0.25, 0.3) is 0 Å². The van der Waals surface area contributed by atoms with Gasteiger partial charge in [0.2, 0.25) is 0 Å². The van der Waals surface area contributed by atoms with Crippen molar-refractivity contribution in [3.63, 3.8) is 0 Å². The molecule has 1 aliphatic rings. The Morgan fingerprint density at radius 1 is 1.40 bits per heavy atom. The molecule has 0 aliphatic carbocycles. The van der Waals surface area contributed by atoms with Gasteiger partial charge in [0.15, 0.2) is 5.75 Å². The number of fused-ring (bicyclic) bond motifs is 1. The summed E-state index contributed by atoms with van der Waals surface area (Å²) in [5.74, 6) is 0.410. The zero-order valence-electron chi connectivity index (χ0n) is 11.4. The topological polar surface area (TPSA) is 79.0 Å². The van der Waals surface area contributed by atoms with Gasteiger partial charge in [-0.2, -0.15) is 5.10 Å². The number of aromatic amines is 1. The quantitative estimate of drug-likeness (QED) is 0.782. The molecule has 0 saturated heterocycles. The maximum atomic E-state index is 12.4. The number of aryl methyl sites for hydroxylation is 2. The molecule has 6 nitrogen and oxygen atoms in total. The summed E-state index contributed by atoms with van der Waals surface area (Å²) in [5, 5.41) is 13.0. The first-order valence-electron chi connectivity index (χ1n) is 6.49. The third kappa shape index (κ3) is 2.09. The predicted molar refractivity (Wildman–Crippen MR) is 76.4 cm³/mol. The predicted octanol–water partition coefficient (Wildman–Crippen LogP) is 2.08. The molecule has 3 rings (SSSR count). The van der Waals surface area contributed by atoms with Crippen LogP contribution in [0.4, 0.5) is 11.4 Å². The van der Waals surface area contributed by atoms with Gasteiger partial charge in [0.1, 0.15) is 6.61 Å². The van der Waals surface area contributed by atoms with E-state index in [0.717, 1.165) is 29.3 Å². The Morgan fingerprint density at radius 3 is 3.00 bits per heavy atom. The number of carbonyl (C=O) groups excluding carboxylic acids is 1. The highest BCUT2D eigenvalue weighted by molar-refractivity contribution is 6.07. The fourth-order valence-electron chi connectivity index (χ4n) is 2.27. The number of nitrogens with zero attached hydrogens (tertiary/aromatic N) is 1. The largest absolute Gasteiger partial charge is 0.489 e. The van der Waals surface area contributed by atoms with Crippen molar-refractivity contribution in [3.05, 3.63) is 35.2 Å². The molecule has 0 bridgehead atoms. The number of rotatable bonds is 2. The number of nitrogens with one attached hydrogen (secondary N) is 3. The first-order chi connectivity index (χ1) is 9.66. The van der Waals surface area contributed by atoms with Crippen LogP contribution in [0.1, 0.15) is 21.7 Å². The molecule has 6 heteroatoms. The smallest absolute Gasteiger partial charge is 0.259 e. The van der Waals surface area contributed by atoms with Crippen molar-refractivity contribution in [2.75, 3.05) is 23.8 Å². The van der Waals surface area contributed by atoms with E-state index in [1.54, 1.807) is 6.07 Å². The molecule has 2 aromatic rings. The fraction of sp³-hybridized carbons (Fsp3) is 0.286. The maximum Gasteiger partial charge on any atom is 0.259 e. The van der Waals surface area contributed by atoms with E-state index in [-0.39, 0.29) is 5.91 Å². The molecule has 2 heterocycles. The Morgan fingerprint density at radius 2 is 2.25 bits per heavy atom.